The second-order valence-corrected chi connectivity index (χ2v) is 4.82. The SMILES string of the molecule is Nc1cc(-c2ccc(Cl)s2)nc(C(F)(F)F)n1. The van der Waals surface area contributed by atoms with Crippen molar-refractivity contribution in [1.29, 1.82) is 0 Å². The van der Waals surface area contributed by atoms with Crippen LogP contribution in [0.25, 0.3) is 10.6 Å². The van der Waals surface area contributed by atoms with Crippen LogP contribution in [-0.2, 0) is 6.18 Å². The molecule has 2 rings (SSSR count). The Kier molecular flexibility index (Phi) is 2.96. The first-order chi connectivity index (χ1) is 7.86. The molecule has 0 bridgehead atoms. The van der Waals surface area contributed by atoms with Gasteiger partial charge in [-0.05, 0) is 12.1 Å². The Balaban J connectivity index is 2.52. The van der Waals surface area contributed by atoms with Crippen LogP contribution in [-0.4, -0.2) is 9.97 Å². The number of alkyl halides is 3. The van der Waals surface area contributed by atoms with E-state index in [0.717, 1.165) is 11.3 Å². The Labute approximate surface area is 103 Å². The van der Waals surface area contributed by atoms with Crippen molar-refractivity contribution in [3.8, 4) is 10.6 Å². The van der Waals surface area contributed by atoms with Crippen LogP contribution in [0.1, 0.15) is 5.82 Å². The predicted octanol–water partition coefficient (Wildman–Crippen LogP) is 3.46. The van der Waals surface area contributed by atoms with Gasteiger partial charge in [0, 0.05) is 6.07 Å². The van der Waals surface area contributed by atoms with E-state index in [1.807, 2.05) is 0 Å². The molecule has 0 aliphatic carbocycles. The zero-order valence-electron chi connectivity index (χ0n) is 8.12. The summed E-state index contributed by atoms with van der Waals surface area (Å²) in [4.78, 5) is 7.08. The topological polar surface area (TPSA) is 51.8 Å². The predicted molar refractivity (Wildman–Crippen MR) is 59.8 cm³/mol. The number of anilines is 1. The highest BCUT2D eigenvalue weighted by Crippen LogP contribution is 2.33. The maximum atomic E-state index is 12.5. The van der Waals surface area contributed by atoms with E-state index >= 15 is 0 Å². The Morgan fingerprint density at radius 3 is 2.47 bits per heavy atom. The van der Waals surface area contributed by atoms with Crippen molar-refractivity contribution in [3.05, 3.63) is 28.4 Å². The molecule has 0 aromatic carbocycles. The largest absolute Gasteiger partial charge is 0.451 e. The molecule has 2 N–H and O–H groups in total. The minimum atomic E-state index is -4.62. The van der Waals surface area contributed by atoms with E-state index in [9.17, 15) is 13.2 Å². The fraction of sp³-hybridized carbons (Fsp3) is 0.111. The van der Waals surface area contributed by atoms with Gasteiger partial charge >= 0.3 is 6.18 Å². The van der Waals surface area contributed by atoms with Crippen LogP contribution >= 0.6 is 22.9 Å². The lowest BCUT2D eigenvalue weighted by Crippen LogP contribution is -2.12. The Bertz CT molecular complexity index is 553. The number of thiophene rings is 1. The van der Waals surface area contributed by atoms with Crippen molar-refractivity contribution in [2.24, 2.45) is 0 Å². The summed E-state index contributed by atoms with van der Waals surface area (Å²) in [6.45, 7) is 0. The molecular weight excluding hydrogens is 275 g/mol. The van der Waals surface area contributed by atoms with E-state index in [-0.39, 0.29) is 11.5 Å². The zero-order valence-corrected chi connectivity index (χ0v) is 9.70. The molecular formula is C9H5ClF3N3S. The zero-order chi connectivity index (χ0) is 12.6. The Morgan fingerprint density at radius 1 is 1.24 bits per heavy atom. The van der Waals surface area contributed by atoms with Crippen molar-refractivity contribution in [1.82, 2.24) is 9.97 Å². The monoisotopic (exact) mass is 279 g/mol. The Morgan fingerprint density at radius 2 is 1.94 bits per heavy atom. The summed E-state index contributed by atoms with van der Waals surface area (Å²) >= 11 is 6.82. The van der Waals surface area contributed by atoms with E-state index in [1.165, 1.54) is 6.07 Å². The minimum Gasteiger partial charge on any atom is -0.384 e. The quantitative estimate of drug-likeness (QED) is 0.870. The van der Waals surface area contributed by atoms with Crippen molar-refractivity contribution in [2.75, 3.05) is 5.73 Å². The van der Waals surface area contributed by atoms with Gasteiger partial charge in [0.05, 0.1) is 14.9 Å². The fourth-order valence-corrected chi connectivity index (χ4v) is 2.17. The molecule has 3 nitrogen and oxygen atoms in total. The first-order valence-electron chi connectivity index (χ1n) is 4.34. The lowest BCUT2D eigenvalue weighted by atomic mass is 10.3. The molecule has 0 saturated heterocycles. The summed E-state index contributed by atoms with van der Waals surface area (Å²) < 4.78 is 37.9. The van der Waals surface area contributed by atoms with Gasteiger partial charge in [-0.2, -0.15) is 13.2 Å². The van der Waals surface area contributed by atoms with Gasteiger partial charge in [0.2, 0.25) is 5.82 Å². The summed E-state index contributed by atoms with van der Waals surface area (Å²) in [5.41, 5.74) is 5.43. The lowest BCUT2D eigenvalue weighted by molar-refractivity contribution is -0.144. The number of halogens is 4. The minimum absolute atomic E-state index is 0.113. The molecule has 0 unspecified atom stereocenters. The molecule has 17 heavy (non-hydrogen) atoms. The van der Waals surface area contributed by atoms with Gasteiger partial charge in [-0.1, -0.05) is 11.6 Å². The third-order valence-corrected chi connectivity index (χ3v) is 3.08. The van der Waals surface area contributed by atoms with Crippen molar-refractivity contribution in [3.63, 3.8) is 0 Å². The maximum absolute atomic E-state index is 12.5. The molecule has 0 aliphatic rings. The highest BCUT2D eigenvalue weighted by Gasteiger charge is 2.35. The van der Waals surface area contributed by atoms with Gasteiger partial charge in [-0.15, -0.1) is 11.3 Å². The van der Waals surface area contributed by atoms with Gasteiger partial charge in [0.1, 0.15) is 5.82 Å². The highest BCUT2D eigenvalue weighted by atomic mass is 35.5. The molecule has 0 atom stereocenters. The van der Waals surface area contributed by atoms with Crippen LogP contribution in [0.4, 0.5) is 19.0 Å². The molecule has 2 aromatic heterocycles. The molecule has 90 valence electrons. The van der Waals surface area contributed by atoms with E-state index in [0.29, 0.717) is 9.21 Å². The summed E-state index contributed by atoms with van der Waals surface area (Å²) in [6, 6.07) is 4.43. The third-order valence-electron chi connectivity index (χ3n) is 1.83. The fourth-order valence-electron chi connectivity index (χ4n) is 1.17. The van der Waals surface area contributed by atoms with Gasteiger partial charge in [0.25, 0.3) is 0 Å². The standard InChI is InChI=1S/C9H5ClF3N3S/c10-6-2-1-5(17-6)4-3-7(14)16-8(15-4)9(11,12)13/h1-3H,(H2,14,15,16). The summed E-state index contributed by atoms with van der Waals surface area (Å²) in [6.07, 6.45) is -4.62. The second-order valence-electron chi connectivity index (χ2n) is 3.10. The molecule has 8 heteroatoms. The van der Waals surface area contributed by atoms with E-state index < -0.39 is 12.0 Å². The van der Waals surface area contributed by atoms with Crippen LogP contribution in [0.3, 0.4) is 0 Å². The first-order valence-corrected chi connectivity index (χ1v) is 5.53. The summed E-state index contributed by atoms with van der Waals surface area (Å²) in [5.74, 6) is -1.48. The van der Waals surface area contributed by atoms with Gasteiger partial charge < -0.3 is 5.73 Å². The molecule has 0 spiro atoms. The summed E-state index contributed by atoms with van der Waals surface area (Å²) in [5, 5.41) is 0. The summed E-state index contributed by atoms with van der Waals surface area (Å²) in [7, 11) is 0. The average Bonchev–Trinajstić information content (AvgIpc) is 2.62. The van der Waals surface area contributed by atoms with Crippen LogP contribution < -0.4 is 5.73 Å². The molecule has 0 amide bonds. The smallest absolute Gasteiger partial charge is 0.384 e. The number of hydrogen-bond acceptors (Lipinski definition) is 4. The van der Waals surface area contributed by atoms with Gasteiger partial charge in [-0.25, -0.2) is 9.97 Å². The number of hydrogen-bond donors (Lipinski definition) is 1. The molecule has 2 aromatic rings. The van der Waals surface area contributed by atoms with E-state index in [4.69, 9.17) is 17.3 Å². The molecule has 0 radical (unpaired) electrons. The first kappa shape index (κ1) is 12.1. The van der Waals surface area contributed by atoms with E-state index in [2.05, 4.69) is 9.97 Å². The normalized spacial score (nSPS) is 11.8. The second kappa shape index (κ2) is 4.15. The van der Waals surface area contributed by atoms with Crippen molar-refractivity contribution >= 4 is 28.8 Å². The number of nitrogen functional groups attached to an aromatic ring is 1. The van der Waals surface area contributed by atoms with Crippen molar-refractivity contribution < 1.29 is 13.2 Å². The number of nitrogens with zero attached hydrogens (tertiary/aromatic N) is 2. The maximum Gasteiger partial charge on any atom is 0.451 e. The number of rotatable bonds is 1. The van der Waals surface area contributed by atoms with Crippen LogP contribution in [0.15, 0.2) is 18.2 Å². The Hall–Kier alpha value is -1.34. The molecule has 0 fully saturated rings. The molecule has 0 aliphatic heterocycles. The molecule has 0 saturated carbocycles. The highest BCUT2D eigenvalue weighted by molar-refractivity contribution is 7.19. The van der Waals surface area contributed by atoms with E-state index in [1.54, 1.807) is 12.1 Å². The molecule has 2 heterocycles. The van der Waals surface area contributed by atoms with Crippen LogP contribution in [0, 0.1) is 0 Å². The van der Waals surface area contributed by atoms with Crippen molar-refractivity contribution in [2.45, 2.75) is 6.18 Å². The number of aromatic nitrogens is 2. The average molecular weight is 280 g/mol. The van der Waals surface area contributed by atoms with Gasteiger partial charge in [0.15, 0.2) is 0 Å². The third kappa shape index (κ3) is 2.67. The lowest BCUT2D eigenvalue weighted by Gasteiger charge is -2.07. The number of nitrogens with two attached hydrogens (primary N) is 1. The van der Waals surface area contributed by atoms with Crippen LogP contribution in [0.5, 0.6) is 0 Å². The van der Waals surface area contributed by atoms with Gasteiger partial charge in [-0.3, -0.25) is 0 Å². The van der Waals surface area contributed by atoms with Crippen LogP contribution in [0.2, 0.25) is 4.34 Å².